The molecule has 1 N–H and O–H groups in total. The number of nitrogens with one attached hydrogen (secondary N) is 1. The number of aromatic nitrogens is 4. The fourth-order valence-electron chi connectivity index (χ4n) is 3.45. The first kappa shape index (κ1) is 22.2. The second-order valence-electron chi connectivity index (χ2n) is 7.41. The van der Waals surface area contributed by atoms with Crippen LogP contribution >= 0.6 is 0 Å². The molecule has 2 amide bonds. The minimum Gasteiger partial charge on any atom is -0.337 e. The highest BCUT2D eigenvalue weighted by atomic mass is 19.4. The maximum atomic E-state index is 13.1. The summed E-state index contributed by atoms with van der Waals surface area (Å²) in [5.41, 5.74) is -0.936. The van der Waals surface area contributed by atoms with Crippen molar-refractivity contribution in [1.29, 1.82) is 0 Å². The van der Waals surface area contributed by atoms with Gasteiger partial charge in [-0.3, -0.25) is 10.1 Å². The summed E-state index contributed by atoms with van der Waals surface area (Å²) in [5, 5.41) is 6.60. The molecule has 1 fully saturated rings. The normalized spacial score (nSPS) is 14.3. The van der Waals surface area contributed by atoms with Crippen molar-refractivity contribution in [1.82, 2.24) is 24.6 Å². The van der Waals surface area contributed by atoms with E-state index in [0.29, 0.717) is 37.8 Å². The van der Waals surface area contributed by atoms with E-state index in [9.17, 15) is 22.8 Å². The molecule has 33 heavy (non-hydrogen) atoms. The van der Waals surface area contributed by atoms with Crippen LogP contribution in [0, 0.1) is 6.92 Å². The number of piperazine rings is 1. The number of benzene rings is 1. The van der Waals surface area contributed by atoms with Crippen molar-refractivity contribution < 1.29 is 18.0 Å². The Bertz CT molecular complexity index is 1210. The summed E-state index contributed by atoms with van der Waals surface area (Å²) in [6.45, 7) is 3.31. The molecule has 172 valence electrons. The van der Waals surface area contributed by atoms with Crippen LogP contribution in [0.2, 0.25) is 0 Å². The first-order valence-corrected chi connectivity index (χ1v) is 10.1. The Balaban J connectivity index is 1.50. The van der Waals surface area contributed by atoms with Crippen molar-refractivity contribution in [3.8, 4) is 5.69 Å². The molecule has 1 aliphatic rings. The quantitative estimate of drug-likeness (QED) is 0.647. The van der Waals surface area contributed by atoms with Gasteiger partial charge in [-0.15, -0.1) is 5.10 Å². The van der Waals surface area contributed by atoms with Crippen LogP contribution in [0.3, 0.4) is 0 Å². The van der Waals surface area contributed by atoms with E-state index in [1.807, 2.05) is 4.90 Å². The molecule has 0 radical (unpaired) electrons. The molecule has 0 atom stereocenters. The van der Waals surface area contributed by atoms with Gasteiger partial charge in [-0.2, -0.15) is 13.2 Å². The van der Waals surface area contributed by atoms with Gasteiger partial charge < -0.3 is 9.80 Å². The highest BCUT2D eigenvalue weighted by Gasteiger charge is 2.30. The number of halogens is 3. The SMILES string of the molecule is Cc1cc(=O)c(NC(=O)N2CCN(c3ncccn3)CC2)nn1-c1cccc(C(F)(F)F)c1. The number of anilines is 2. The molecule has 0 unspecified atom stereocenters. The third-order valence-electron chi connectivity index (χ3n) is 5.15. The van der Waals surface area contributed by atoms with Crippen LogP contribution in [0.4, 0.5) is 29.7 Å². The molecule has 3 aromatic rings. The number of hydrogen-bond donors (Lipinski definition) is 1. The van der Waals surface area contributed by atoms with Crippen molar-refractivity contribution in [2.24, 2.45) is 0 Å². The van der Waals surface area contributed by atoms with Gasteiger partial charge >= 0.3 is 12.2 Å². The van der Waals surface area contributed by atoms with E-state index in [0.717, 1.165) is 12.1 Å². The van der Waals surface area contributed by atoms with E-state index < -0.39 is 23.2 Å². The monoisotopic (exact) mass is 459 g/mol. The Kier molecular flexibility index (Phi) is 5.99. The number of carbonyl (C=O) groups excluding carboxylic acids is 1. The maximum Gasteiger partial charge on any atom is 0.416 e. The smallest absolute Gasteiger partial charge is 0.337 e. The second kappa shape index (κ2) is 8.88. The second-order valence-corrected chi connectivity index (χ2v) is 7.41. The Labute approximate surface area is 186 Å². The van der Waals surface area contributed by atoms with Crippen LogP contribution in [0.25, 0.3) is 5.69 Å². The van der Waals surface area contributed by atoms with Gasteiger partial charge in [0.15, 0.2) is 0 Å². The zero-order chi connectivity index (χ0) is 23.6. The van der Waals surface area contributed by atoms with Crippen molar-refractivity contribution >= 4 is 17.8 Å². The van der Waals surface area contributed by atoms with E-state index in [-0.39, 0.29) is 11.5 Å². The molecule has 12 heteroatoms. The molecule has 0 aliphatic carbocycles. The fraction of sp³-hybridized carbons (Fsp3) is 0.286. The summed E-state index contributed by atoms with van der Waals surface area (Å²) in [7, 11) is 0. The molecule has 1 saturated heterocycles. The molecule has 0 bridgehead atoms. The van der Waals surface area contributed by atoms with Crippen molar-refractivity contribution in [2.75, 3.05) is 36.4 Å². The number of alkyl halides is 3. The number of rotatable bonds is 3. The summed E-state index contributed by atoms with van der Waals surface area (Å²) in [6.07, 6.45) is -1.24. The highest BCUT2D eigenvalue weighted by molar-refractivity contribution is 5.88. The predicted octanol–water partition coefficient (Wildman–Crippen LogP) is 2.70. The minimum absolute atomic E-state index is 0.120. The number of carbonyl (C=O) groups is 1. The zero-order valence-electron chi connectivity index (χ0n) is 17.6. The first-order valence-electron chi connectivity index (χ1n) is 10.1. The molecule has 4 rings (SSSR count). The predicted molar refractivity (Wildman–Crippen MR) is 114 cm³/mol. The summed E-state index contributed by atoms with van der Waals surface area (Å²) in [4.78, 5) is 36.9. The van der Waals surface area contributed by atoms with Crippen molar-refractivity contribution in [3.05, 3.63) is 70.3 Å². The van der Waals surface area contributed by atoms with E-state index in [2.05, 4.69) is 20.4 Å². The van der Waals surface area contributed by atoms with E-state index >= 15 is 0 Å². The van der Waals surface area contributed by atoms with Crippen LogP contribution < -0.4 is 15.6 Å². The van der Waals surface area contributed by atoms with Gasteiger partial charge in [0, 0.05) is 50.3 Å². The summed E-state index contributed by atoms with van der Waals surface area (Å²) >= 11 is 0. The van der Waals surface area contributed by atoms with E-state index in [1.54, 1.807) is 25.4 Å². The Morgan fingerprint density at radius 3 is 2.39 bits per heavy atom. The molecular weight excluding hydrogens is 439 g/mol. The molecule has 1 aliphatic heterocycles. The van der Waals surface area contributed by atoms with Gasteiger partial charge in [-0.05, 0) is 31.2 Å². The molecule has 1 aromatic carbocycles. The highest BCUT2D eigenvalue weighted by Crippen LogP contribution is 2.30. The van der Waals surface area contributed by atoms with Gasteiger partial charge in [0.2, 0.25) is 17.2 Å². The zero-order valence-corrected chi connectivity index (χ0v) is 17.6. The summed E-state index contributed by atoms with van der Waals surface area (Å²) in [5.74, 6) is 0.304. The maximum absolute atomic E-state index is 13.1. The van der Waals surface area contributed by atoms with Crippen LogP contribution in [-0.2, 0) is 6.18 Å². The van der Waals surface area contributed by atoms with Gasteiger partial charge in [0.1, 0.15) is 0 Å². The van der Waals surface area contributed by atoms with Crippen LogP contribution in [0.5, 0.6) is 0 Å². The lowest BCUT2D eigenvalue weighted by Crippen LogP contribution is -2.50. The fourth-order valence-corrected chi connectivity index (χ4v) is 3.45. The lowest BCUT2D eigenvalue weighted by molar-refractivity contribution is -0.137. The van der Waals surface area contributed by atoms with Gasteiger partial charge in [-0.25, -0.2) is 19.4 Å². The van der Waals surface area contributed by atoms with E-state index in [4.69, 9.17) is 0 Å². The molecule has 0 saturated carbocycles. The summed E-state index contributed by atoms with van der Waals surface area (Å²) < 4.78 is 40.5. The molecule has 0 spiro atoms. The Morgan fingerprint density at radius 1 is 1.03 bits per heavy atom. The van der Waals surface area contributed by atoms with Crippen LogP contribution in [0.1, 0.15) is 11.3 Å². The van der Waals surface area contributed by atoms with Gasteiger partial charge in [0.25, 0.3) is 0 Å². The average molecular weight is 459 g/mol. The third kappa shape index (κ3) is 4.94. The van der Waals surface area contributed by atoms with Crippen LogP contribution in [-0.4, -0.2) is 56.9 Å². The number of urea groups is 1. The number of hydrogen-bond acceptors (Lipinski definition) is 6. The average Bonchev–Trinajstić information content (AvgIpc) is 2.81. The number of aryl methyl sites for hydroxylation is 1. The van der Waals surface area contributed by atoms with Gasteiger partial charge in [-0.1, -0.05) is 6.07 Å². The molecular formula is C21H20F3N7O2. The molecule has 3 heterocycles. The largest absolute Gasteiger partial charge is 0.416 e. The Morgan fingerprint density at radius 2 is 1.73 bits per heavy atom. The van der Waals surface area contributed by atoms with E-state index in [1.165, 1.54) is 27.8 Å². The van der Waals surface area contributed by atoms with Crippen molar-refractivity contribution in [3.63, 3.8) is 0 Å². The molecule has 2 aromatic heterocycles. The van der Waals surface area contributed by atoms with Crippen molar-refractivity contribution in [2.45, 2.75) is 13.1 Å². The topological polar surface area (TPSA) is 96.2 Å². The number of nitrogens with zero attached hydrogens (tertiary/aromatic N) is 6. The first-order chi connectivity index (χ1) is 15.7. The minimum atomic E-state index is -4.52. The standard InChI is InChI=1S/C21H20F3N7O2/c1-14-12-17(32)18(28-31(14)16-5-2-4-15(13-16)21(22,23)24)27-20(33)30-10-8-29(9-11-30)19-25-6-3-7-26-19/h2-7,12-13H,8-11H2,1H3,(H,27,28,33). The summed E-state index contributed by atoms with van der Waals surface area (Å²) in [6, 6.07) is 6.99. The molecule has 9 nitrogen and oxygen atoms in total. The lowest BCUT2D eigenvalue weighted by Gasteiger charge is -2.34. The Hall–Kier alpha value is -3.96. The lowest BCUT2D eigenvalue weighted by atomic mass is 10.2. The third-order valence-corrected chi connectivity index (χ3v) is 5.15. The van der Waals surface area contributed by atoms with Gasteiger partial charge in [0.05, 0.1) is 11.3 Å². The van der Waals surface area contributed by atoms with Crippen LogP contribution in [0.15, 0.2) is 53.6 Å². The number of amides is 2.